The second kappa shape index (κ2) is 41.1. The Labute approximate surface area is 355 Å². The Morgan fingerprint density at radius 2 is 0.526 bits per heavy atom. The largest absolute Gasteiger partial charge is 0.396 e. The highest BCUT2D eigenvalue weighted by Crippen LogP contribution is 2.40. The van der Waals surface area contributed by atoms with Crippen molar-refractivity contribution in [3.8, 4) is 0 Å². The molecule has 0 aromatic heterocycles. The van der Waals surface area contributed by atoms with Gasteiger partial charge in [-0.15, -0.1) is 0 Å². The maximum Gasteiger partial charge on any atom is 0.0770 e. The number of aliphatic hydroxyl groups is 6. The van der Waals surface area contributed by atoms with Gasteiger partial charge in [0.1, 0.15) is 0 Å². The normalized spacial score (nSPS) is 13.5. The summed E-state index contributed by atoms with van der Waals surface area (Å²) in [4.78, 5) is 0. The first-order valence-electron chi connectivity index (χ1n) is 25.2. The first-order chi connectivity index (χ1) is 27.9. The molecule has 0 aromatic rings. The number of aliphatic hydroxyl groups excluding tert-OH is 5. The van der Waals surface area contributed by atoms with E-state index in [1.54, 1.807) is 0 Å². The number of rotatable bonds is 48. The van der Waals surface area contributed by atoms with Gasteiger partial charge in [0.25, 0.3) is 0 Å². The van der Waals surface area contributed by atoms with Gasteiger partial charge in [0.15, 0.2) is 0 Å². The number of unbranched alkanes of at least 4 members (excludes halogenated alkanes) is 34. The lowest BCUT2D eigenvalue weighted by Crippen LogP contribution is -2.56. The molecule has 1 unspecified atom stereocenters. The van der Waals surface area contributed by atoms with Crippen molar-refractivity contribution in [2.75, 3.05) is 46.2 Å². The molecule has 0 aromatic carbocycles. The van der Waals surface area contributed by atoms with Crippen molar-refractivity contribution in [1.82, 2.24) is 0 Å². The van der Waals surface area contributed by atoms with Crippen LogP contribution >= 0.6 is 0 Å². The monoisotopic (exact) mass is 815 g/mol. The third-order valence-corrected chi connectivity index (χ3v) is 13.3. The molecule has 7 heteroatoms. The van der Waals surface area contributed by atoms with Crippen LogP contribution in [-0.2, 0) is 4.74 Å². The fourth-order valence-corrected chi connectivity index (χ4v) is 8.61. The third-order valence-electron chi connectivity index (χ3n) is 13.3. The van der Waals surface area contributed by atoms with Crippen molar-refractivity contribution in [2.24, 2.45) is 10.8 Å². The van der Waals surface area contributed by atoms with E-state index < -0.39 is 49.5 Å². The van der Waals surface area contributed by atoms with E-state index in [-0.39, 0.29) is 13.2 Å². The van der Waals surface area contributed by atoms with E-state index in [9.17, 15) is 30.6 Å². The van der Waals surface area contributed by atoms with E-state index in [2.05, 4.69) is 13.8 Å². The molecule has 0 aliphatic carbocycles. The Kier molecular flexibility index (Phi) is 40.9. The van der Waals surface area contributed by atoms with Gasteiger partial charge in [0.05, 0.1) is 62.7 Å². The van der Waals surface area contributed by atoms with Crippen LogP contribution in [0.1, 0.15) is 258 Å². The molecule has 0 spiro atoms. The summed E-state index contributed by atoms with van der Waals surface area (Å²) in [7, 11) is 0. The van der Waals surface area contributed by atoms with Crippen LogP contribution in [0.4, 0.5) is 0 Å². The molecule has 0 heterocycles. The lowest BCUT2D eigenvalue weighted by molar-refractivity contribution is -0.181. The van der Waals surface area contributed by atoms with Crippen LogP contribution in [0.25, 0.3) is 0 Å². The van der Waals surface area contributed by atoms with Crippen LogP contribution in [-0.4, -0.2) is 82.5 Å². The van der Waals surface area contributed by atoms with E-state index >= 15 is 0 Å². The van der Waals surface area contributed by atoms with Gasteiger partial charge in [-0.1, -0.05) is 245 Å². The van der Waals surface area contributed by atoms with Gasteiger partial charge in [-0.3, -0.25) is 0 Å². The molecule has 344 valence electrons. The molecule has 0 aliphatic heterocycles. The summed E-state index contributed by atoms with van der Waals surface area (Å²) in [5.41, 5.74) is -3.79. The van der Waals surface area contributed by atoms with Crippen LogP contribution in [0, 0.1) is 10.8 Å². The first-order valence-corrected chi connectivity index (χ1v) is 25.2. The summed E-state index contributed by atoms with van der Waals surface area (Å²) in [6.07, 6.45) is 47.7. The standard InChI is InChI=1S/C50H102O7/c1-3-5-7-9-11-13-15-17-19-21-22-23-24-26-28-30-32-34-36-38-40-50(56,49(44-54,45-55)47-57-46-48(41-51,42-52)43-53)39-37-35-33-31-29-27-25-20-18-16-14-12-10-8-6-4-2/h51-56H,3-47H2,1-2H3. The van der Waals surface area contributed by atoms with Gasteiger partial charge in [-0.05, 0) is 12.8 Å². The maximum atomic E-state index is 12.2. The lowest BCUT2D eigenvalue weighted by Gasteiger charge is -2.46. The molecule has 0 saturated heterocycles. The molecule has 6 N–H and O–H groups in total. The quantitative estimate of drug-likeness (QED) is 0.0337. The Morgan fingerprint density at radius 1 is 0.298 bits per heavy atom. The number of ether oxygens (including phenoxy) is 1. The van der Waals surface area contributed by atoms with Crippen molar-refractivity contribution in [3.05, 3.63) is 0 Å². The Morgan fingerprint density at radius 3 is 0.737 bits per heavy atom. The van der Waals surface area contributed by atoms with Gasteiger partial charge in [0, 0.05) is 0 Å². The third kappa shape index (κ3) is 29.6. The van der Waals surface area contributed by atoms with Crippen molar-refractivity contribution in [2.45, 2.75) is 263 Å². The zero-order chi connectivity index (χ0) is 42.0. The summed E-state index contributed by atoms with van der Waals surface area (Å²) in [5, 5.41) is 62.9. The smallest absolute Gasteiger partial charge is 0.0770 e. The average Bonchev–Trinajstić information content (AvgIpc) is 3.23. The lowest BCUT2D eigenvalue weighted by atomic mass is 9.68. The summed E-state index contributed by atoms with van der Waals surface area (Å²) >= 11 is 0. The minimum Gasteiger partial charge on any atom is -0.396 e. The maximum absolute atomic E-state index is 12.2. The molecule has 1 atom stereocenters. The van der Waals surface area contributed by atoms with Crippen LogP contribution in [0.3, 0.4) is 0 Å². The zero-order valence-electron chi connectivity index (χ0n) is 38.4. The highest BCUT2D eigenvalue weighted by Gasteiger charge is 2.49. The molecule has 0 saturated carbocycles. The summed E-state index contributed by atoms with van der Waals surface area (Å²) in [5.74, 6) is 0. The summed E-state index contributed by atoms with van der Waals surface area (Å²) < 4.78 is 5.88. The van der Waals surface area contributed by atoms with E-state index in [1.165, 1.54) is 193 Å². The van der Waals surface area contributed by atoms with Gasteiger partial charge in [0.2, 0.25) is 0 Å². The van der Waals surface area contributed by atoms with E-state index in [0.29, 0.717) is 12.8 Å². The van der Waals surface area contributed by atoms with E-state index in [4.69, 9.17) is 4.74 Å². The minimum absolute atomic E-state index is 0.115. The Bertz CT molecular complexity index is 778. The van der Waals surface area contributed by atoms with Crippen molar-refractivity contribution in [3.63, 3.8) is 0 Å². The van der Waals surface area contributed by atoms with Crippen molar-refractivity contribution < 1.29 is 35.4 Å². The molecule has 0 bridgehead atoms. The summed E-state index contributed by atoms with van der Waals surface area (Å²) in [6.45, 7) is 2.10. The molecule has 0 fully saturated rings. The molecular weight excluding hydrogens is 713 g/mol. The van der Waals surface area contributed by atoms with Gasteiger partial charge in [-0.25, -0.2) is 0 Å². The molecule has 0 radical (unpaired) electrons. The number of hydrogen-bond acceptors (Lipinski definition) is 7. The predicted molar refractivity (Wildman–Crippen MR) is 243 cm³/mol. The topological polar surface area (TPSA) is 131 Å². The van der Waals surface area contributed by atoms with Crippen LogP contribution in [0.5, 0.6) is 0 Å². The van der Waals surface area contributed by atoms with E-state index in [0.717, 1.165) is 38.5 Å². The van der Waals surface area contributed by atoms with Gasteiger partial charge >= 0.3 is 0 Å². The van der Waals surface area contributed by atoms with Crippen molar-refractivity contribution >= 4 is 0 Å². The van der Waals surface area contributed by atoms with Crippen molar-refractivity contribution in [1.29, 1.82) is 0 Å². The molecule has 0 aliphatic rings. The second-order valence-corrected chi connectivity index (χ2v) is 18.6. The van der Waals surface area contributed by atoms with Crippen LogP contribution in [0.2, 0.25) is 0 Å². The Balaban J connectivity index is 4.54. The SMILES string of the molecule is CCCCCCCCCCCCCCCCCCCCCCC(O)(CCCCCCCCCCCCCCCCCC)C(CO)(CO)COCC(CO)(CO)CO. The highest BCUT2D eigenvalue weighted by atomic mass is 16.5. The minimum atomic E-state index is -1.30. The Hall–Kier alpha value is -0.280. The van der Waals surface area contributed by atoms with E-state index in [1.807, 2.05) is 0 Å². The number of hydrogen-bond donors (Lipinski definition) is 6. The fourth-order valence-electron chi connectivity index (χ4n) is 8.61. The molecular formula is C50H102O7. The van der Waals surface area contributed by atoms with Crippen LogP contribution < -0.4 is 0 Å². The second-order valence-electron chi connectivity index (χ2n) is 18.6. The molecule has 57 heavy (non-hydrogen) atoms. The average molecular weight is 815 g/mol. The summed E-state index contributed by atoms with van der Waals surface area (Å²) in [6, 6.07) is 0. The van der Waals surface area contributed by atoms with Gasteiger partial charge in [-0.2, -0.15) is 0 Å². The zero-order valence-corrected chi connectivity index (χ0v) is 38.4. The first kappa shape index (κ1) is 56.7. The fraction of sp³-hybridized carbons (Fsp3) is 1.00. The highest BCUT2D eigenvalue weighted by molar-refractivity contribution is 4.99. The molecule has 0 amide bonds. The molecule has 7 nitrogen and oxygen atoms in total. The molecule has 0 rings (SSSR count). The van der Waals surface area contributed by atoms with Crippen LogP contribution in [0.15, 0.2) is 0 Å². The van der Waals surface area contributed by atoms with Gasteiger partial charge < -0.3 is 35.4 Å². The predicted octanol–water partition coefficient (Wildman–Crippen LogP) is 12.5.